The molecular formula is C12H19N5. The summed E-state index contributed by atoms with van der Waals surface area (Å²) in [7, 11) is 0. The highest BCUT2D eigenvalue weighted by atomic mass is 15.3. The van der Waals surface area contributed by atoms with Gasteiger partial charge >= 0.3 is 0 Å². The molecule has 0 bridgehead atoms. The fraction of sp³-hybridized carbons (Fsp3) is 0.667. The molecular weight excluding hydrogens is 214 g/mol. The van der Waals surface area contributed by atoms with E-state index in [9.17, 15) is 5.26 Å². The standard InChI is InChI=1S/C12H19N5/c1-2-5-17-10-11(9-15-17)12(8-13)16-6-3-14-4-7-16/h9-10,12,14H,2-7H2,1H3. The number of aryl methyl sites for hydroxylation is 1. The highest BCUT2D eigenvalue weighted by Crippen LogP contribution is 2.19. The van der Waals surface area contributed by atoms with Gasteiger partial charge in [-0.15, -0.1) is 0 Å². The van der Waals surface area contributed by atoms with Gasteiger partial charge in [-0.05, 0) is 6.42 Å². The second-order valence-electron chi connectivity index (χ2n) is 4.35. The highest BCUT2D eigenvalue weighted by Gasteiger charge is 2.22. The minimum atomic E-state index is -0.150. The molecule has 1 aliphatic heterocycles. The Morgan fingerprint density at radius 2 is 2.29 bits per heavy atom. The van der Waals surface area contributed by atoms with Crippen molar-refractivity contribution in [1.82, 2.24) is 20.0 Å². The summed E-state index contributed by atoms with van der Waals surface area (Å²) in [5, 5.41) is 16.9. The number of aromatic nitrogens is 2. The Labute approximate surface area is 102 Å². The van der Waals surface area contributed by atoms with Gasteiger partial charge in [-0.1, -0.05) is 6.92 Å². The zero-order valence-corrected chi connectivity index (χ0v) is 10.3. The van der Waals surface area contributed by atoms with Crippen LogP contribution < -0.4 is 5.32 Å². The van der Waals surface area contributed by atoms with Gasteiger partial charge < -0.3 is 5.32 Å². The molecule has 0 amide bonds. The second-order valence-corrected chi connectivity index (χ2v) is 4.35. The van der Waals surface area contributed by atoms with Gasteiger partial charge in [0, 0.05) is 44.5 Å². The molecule has 2 rings (SSSR count). The van der Waals surface area contributed by atoms with E-state index in [4.69, 9.17) is 0 Å². The first kappa shape index (κ1) is 12.1. The lowest BCUT2D eigenvalue weighted by Gasteiger charge is -2.30. The number of hydrogen-bond donors (Lipinski definition) is 1. The molecule has 5 heteroatoms. The van der Waals surface area contributed by atoms with E-state index >= 15 is 0 Å². The third kappa shape index (κ3) is 2.84. The Hall–Kier alpha value is -1.38. The average Bonchev–Trinajstić information content (AvgIpc) is 2.81. The molecule has 1 saturated heterocycles. The number of piperazine rings is 1. The van der Waals surface area contributed by atoms with Crippen molar-refractivity contribution < 1.29 is 0 Å². The van der Waals surface area contributed by atoms with Crippen LogP contribution in [0.3, 0.4) is 0 Å². The molecule has 0 aliphatic carbocycles. The van der Waals surface area contributed by atoms with Gasteiger partial charge in [0.05, 0.1) is 12.3 Å². The molecule has 1 N–H and O–H groups in total. The largest absolute Gasteiger partial charge is 0.314 e. The summed E-state index contributed by atoms with van der Waals surface area (Å²) in [6, 6.07) is 2.24. The fourth-order valence-corrected chi connectivity index (χ4v) is 2.18. The van der Waals surface area contributed by atoms with E-state index in [0.29, 0.717) is 0 Å². The fourth-order valence-electron chi connectivity index (χ4n) is 2.18. The third-order valence-corrected chi connectivity index (χ3v) is 3.06. The van der Waals surface area contributed by atoms with Crippen molar-refractivity contribution in [1.29, 1.82) is 5.26 Å². The Kier molecular flexibility index (Phi) is 4.13. The summed E-state index contributed by atoms with van der Waals surface area (Å²) in [6.07, 6.45) is 4.89. The summed E-state index contributed by atoms with van der Waals surface area (Å²) in [5.74, 6) is 0. The molecule has 17 heavy (non-hydrogen) atoms. The molecule has 1 fully saturated rings. The number of nitriles is 1. The molecule has 92 valence electrons. The Bertz CT molecular complexity index is 386. The van der Waals surface area contributed by atoms with Crippen molar-refractivity contribution in [2.24, 2.45) is 0 Å². The summed E-state index contributed by atoms with van der Waals surface area (Å²) in [5.41, 5.74) is 1.02. The second kappa shape index (κ2) is 5.80. The first-order chi connectivity index (χ1) is 8.35. The summed E-state index contributed by atoms with van der Waals surface area (Å²) < 4.78 is 1.92. The number of hydrogen-bond acceptors (Lipinski definition) is 4. The molecule has 1 atom stereocenters. The Balaban J connectivity index is 2.08. The van der Waals surface area contributed by atoms with Crippen LogP contribution in [0.25, 0.3) is 0 Å². The van der Waals surface area contributed by atoms with Gasteiger partial charge in [0.2, 0.25) is 0 Å². The maximum atomic E-state index is 9.32. The van der Waals surface area contributed by atoms with Crippen molar-refractivity contribution in [3.8, 4) is 6.07 Å². The highest BCUT2D eigenvalue weighted by molar-refractivity contribution is 5.18. The maximum absolute atomic E-state index is 9.32. The van der Waals surface area contributed by atoms with Gasteiger partial charge in [0.25, 0.3) is 0 Å². The maximum Gasteiger partial charge on any atom is 0.126 e. The molecule has 0 spiro atoms. The monoisotopic (exact) mass is 233 g/mol. The molecule has 0 aromatic carbocycles. The molecule has 5 nitrogen and oxygen atoms in total. The summed E-state index contributed by atoms with van der Waals surface area (Å²) in [6.45, 7) is 6.82. The minimum absolute atomic E-state index is 0.150. The van der Waals surface area contributed by atoms with Crippen LogP contribution in [0.1, 0.15) is 24.9 Å². The van der Waals surface area contributed by atoms with Crippen LogP contribution in [-0.4, -0.2) is 40.9 Å². The lowest BCUT2D eigenvalue weighted by Crippen LogP contribution is -2.44. The van der Waals surface area contributed by atoms with Crippen LogP contribution in [0.4, 0.5) is 0 Å². The Morgan fingerprint density at radius 3 is 2.94 bits per heavy atom. The molecule has 1 aromatic rings. The lowest BCUT2D eigenvalue weighted by atomic mass is 10.1. The van der Waals surface area contributed by atoms with Crippen molar-refractivity contribution >= 4 is 0 Å². The van der Waals surface area contributed by atoms with Crippen molar-refractivity contribution in [2.45, 2.75) is 25.9 Å². The average molecular weight is 233 g/mol. The van der Waals surface area contributed by atoms with E-state index in [1.807, 2.05) is 17.1 Å². The van der Waals surface area contributed by atoms with Gasteiger partial charge in [-0.3, -0.25) is 9.58 Å². The third-order valence-electron chi connectivity index (χ3n) is 3.06. The summed E-state index contributed by atoms with van der Waals surface area (Å²) >= 11 is 0. The minimum Gasteiger partial charge on any atom is -0.314 e. The van der Waals surface area contributed by atoms with Crippen LogP contribution in [0.5, 0.6) is 0 Å². The van der Waals surface area contributed by atoms with E-state index in [1.54, 1.807) is 0 Å². The summed E-state index contributed by atoms with van der Waals surface area (Å²) in [4.78, 5) is 2.21. The topological polar surface area (TPSA) is 56.9 Å². The predicted molar refractivity (Wildman–Crippen MR) is 65.3 cm³/mol. The van der Waals surface area contributed by atoms with E-state index in [2.05, 4.69) is 28.3 Å². The zero-order chi connectivity index (χ0) is 12.1. The van der Waals surface area contributed by atoms with E-state index in [0.717, 1.165) is 44.7 Å². The predicted octanol–water partition coefficient (Wildman–Crippen LogP) is 0.763. The Morgan fingerprint density at radius 1 is 1.53 bits per heavy atom. The lowest BCUT2D eigenvalue weighted by molar-refractivity contribution is 0.207. The number of nitrogens with zero attached hydrogens (tertiary/aromatic N) is 4. The van der Waals surface area contributed by atoms with Crippen LogP contribution in [0.15, 0.2) is 12.4 Å². The van der Waals surface area contributed by atoms with E-state index in [-0.39, 0.29) is 6.04 Å². The van der Waals surface area contributed by atoms with Gasteiger partial charge in [0.15, 0.2) is 0 Å². The van der Waals surface area contributed by atoms with Crippen LogP contribution in [-0.2, 0) is 6.54 Å². The zero-order valence-electron chi connectivity index (χ0n) is 10.3. The van der Waals surface area contributed by atoms with Crippen molar-refractivity contribution in [3.05, 3.63) is 18.0 Å². The van der Waals surface area contributed by atoms with E-state index < -0.39 is 0 Å². The molecule has 0 saturated carbocycles. The first-order valence-corrected chi connectivity index (χ1v) is 6.22. The molecule has 1 aromatic heterocycles. The van der Waals surface area contributed by atoms with Gasteiger partial charge in [0.1, 0.15) is 6.04 Å². The van der Waals surface area contributed by atoms with Crippen LogP contribution in [0.2, 0.25) is 0 Å². The number of rotatable bonds is 4. The van der Waals surface area contributed by atoms with Crippen molar-refractivity contribution in [3.63, 3.8) is 0 Å². The molecule has 1 unspecified atom stereocenters. The molecule has 2 heterocycles. The van der Waals surface area contributed by atoms with E-state index in [1.165, 1.54) is 0 Å². The quantitative estimate of drug-likeness (QED) is 0.834. The van der Waals surface area contributed by atoms with Gasteiger partial charge in [-0.2, -0.15) is 10.4 Å². The van der Waals surface area contributed by atoms with Crippen LogP contribution >= 0.6 is 0 Å². The first-order valence-electron chi connectivity index (χ1n) is 6.22. The molecule has 1 aliphatic rings. The normalized spacial score (nSPS) is 18.8. The SMILES string of the molecule is CCCn1cc(C(C#N)N2CCNCC2)cn1. The van der Waals surface area contributed by atoms with Gasteiger partial charge in [-0.25, -0.2) is 0 Å². The number of nitrogens with one attached hydrogen (secondary N) is 1. The smallest absolute Gasteiger partial charge is 0.126 e. The van der Waals surface area contributed by atoms with Crippen LogP contribution in [0, 0.1) is 11.3 Å². The molecule has 0 radical (unpaired) electrons. The van der Waals surface area contributed by atoms with Crippen molar-refractivity contribution in [2.75, 3.05) is 26.2 Å².